The van der Waals surface area contributed by atoms with Gasteiger partial charge in [-0.15, -0.1) is 0 Å². The van der Waals surface area contributed by atoms with Crippen molar-refractivity contribution in [1.29, 1.82) is 0 Å². The van der Waals surface area contributed by atoms with E-state index in [1.807, 2.05) is 6.07 Å². The number of anilines is 1. The SMILES string of the molecule is O=C(NC1CCC(O)CC1)NC1CCN(c2ncccn2)CC1. The molecule has 2 fully saturated rings. The molecule has 2 heterocycles. The topological polar surface area (TPSA) is 90.4 Å². The zero-order chi connectivity index (χ0) is 16.1. The molecule has 2 amide bonds. The highest BCUT2D eigenvalue weighted by atomic mass is 16.3. The first-order valence-electron chi connectivity index (χ1n) is 8.48. The van der Waals surface area contributed by atoms with Gasteiger partial charge in [-0.05, 0) is 44.6 Å². The molecule has 7 heteroatoms. The Labute approximate surface area is 136 Å². The Morgan fingerprint density at radius 3 is 2.17 bits per heavy atom. The lowest BCUT2D eigenvalue weighted by Crippen LogP contribution is -2.51. The summed E-state index contributed by atoms with van der Waals surface area (Å²) in [5.41, 5.74) is 0. The predicted molar refractivity (Wildman–Crippen MR) is 87.2 cm³/mol. The van der Waals surface area contributed by atoms with Crippen molar-refractivity contribution in [1.82, 2.24) is 20.6 Å². The quantitative estimate of drug-likeness (QED) is 0.775. The fourth-order valence-corrected chi connectivity index (χ4v) is 3.31. The highest BCUT2D eigenvalue weighted by Crippen LogP contribution is 2.18. The molecule has 2 aliphatic rings. The van der Waals surface area contributed by atoms with Crippen molar-refractivity contribution in [2.75, 3.05) is 18.0 Å². The van der Waals surface area contributed by atoms with Crippen LogP contribution in [-0.2, 0) is 0 Å². The largest absolute Gasteiger partial charge is 0.393 e. The van der Waals surface area contributed by atoms with E-state index in [1.54, 1.807) is 12.4 Å². The normalized spacial score (nSPS) is 25.9. The number of hydrogen-bond donors (Lipinski definition) is 3. The fraction of sp³-hybridized carbons (Fsp3) is 0.688. The number of urea groups is 1. The number of aliphatic hydroxyl groups excluding tert-OH is 1. The van der Waals surface area contributed by atoms with Gasteiger partial charge in [0.25, 0.3) is 0 Å². The lowest BCUT2D eigenvalue weighted by Gasteiger charge is -2.33. The molecule has 1 saturated heterocycles. The summed E-state index contributed by atoms with van der Waals surface area (Å²) in [5, 5.41) is 15.6. The molecule has 3 rings (SSSR count). The minimum Gasteiger partial charge on any atom is -0.393 e. The number of nitrogens with one attached hydrogen (secondary N) is 2. The maximum atomic E-state index is 12.1. The van der Waals surface area contributed by atoms with Crippen molar-refractivity contribution in [3.63, 3.8) is 0 Å². The van der Waals surface area contributed by atoms with Crippen molar-refractivity contribution in [3.05, 3.63) is 18.5 Å². The van der Waals surface area contributed by atoms with E-state index in [1.165, 1.54) is 0 Å². The molecule has 1 saturated carbocycles. The van der Waals surface area contributed by atoms with Crippen LogP contribution in [0.1, 0.15) is 38.5 Å². The van der Waals surface area contributed by atoms with Gasteiger partial charge in [0.15, 0.2) is 0 Å². The monoisotopic (exact) mass is 319 g/mol. The zero-order valence-corrected chi connectivity index (χ0v) is 13.3. The number of aliphatic hydroxyl groups is 1. The summed E-state index contributed by atoms with van der Waals surface area (Å²) in [7, 11) is 0. The van der Waals surface area contributed by atoms with E-state index in [-0.39, 0.29) is 24.2 Å². The Morgan fingerprint density at radius 2 is 1.57 bits per heavy atom. The highest BCUT2D eigenvalue weighted by Gasteiger charge is 2.24. The number of piperidine rings is 1. The Bertz CT molecular complexity index is 496. The van der Waals surface area contributed by atoms with Gasteiger partial charge >= 0.3 is 6.03 Å². The van der Waals surface area contributed by atoms with Crippen LogP contribution in [0.15, 0.2) is 18.5 Å². The summed E-state index contributed by atoms with van der Waals surface area (Å²) in [6, 6.07) is 2.12. The molecule has 0 spiro atoms. The Morgan fingerprint density at radius 1 is 1.00 bits per heavy atom. The average molecular weight is 319 g/mol. The van der Waals surface area contributed by atoms with Gasteiger partial charge in [-0.3, -0.25) is 0 Å². The van der Waals surface area contributed by atoms with Gasteiger partial charge in [0.1, 0.15) is 0 Å². The van der Waals surface area contributed by atoms with Gasteiger partial charge in [-0.1, -0.05) is 0 Å². The van der Waals surface area contributed by atoms with E-state index in [4.69, 9.17) is 0 Å². The van der Waals surface area contributed by atoms with E-state index in [0.29, 0.717) is 0 Å². The van der Waals surface area contributed by atoms with Crippen molar-refractivity contribution in [3.8, 4) is 0 Å². The molecule has 1 aliphatic heterocycles. The summed E-state index contributed by atoms with van der Waals surface area (Å²) < 4.78 is 0. The smallest absolute Gasteiger partial charge is 0.315 e. The molecular weight excluding hydrogens is 294 g/mol. The van der Waals surface area contributed by atoms with E-state index in [0.717, 1.165) is 57.6 Å². The number of amides is 2. The van der Waals surface area contributed by atoms with E-state index < -0.39 is 0 Å². The molecule has 0 radical (unpaired) electrons. The second kappa shape index (κ2) is 7.59. The minimum atomic E-state index is -0.194. The second-order valence-corrected chi connectivity index (χ2v) is 6.43. The van der Waals surface area contributed by atoms with Gasteiger partial charge < -0.3 is 20.6 Å². The Balaban J connectivity index is 1.39. The van der Waals surface area contributed by atoms with Crippen LogP contribution < -0.4 is 15.5 Å². The fourth-order valence-electron chi connectivity index (χ4n) is 3.31. The molecule has 0 bridgehead atoms. The standard InChI is InChI=1S/C16H25N5O2/c22-14-4-2-12(3-5-14)19-16(23)20-13-6-10-21(11-7-13)15-17-8-1-9-18-15/h1,8-9,12-14,22H,2-7,10-11H2,(H2,19,20,23). The van der Waals surface area contributed by atoms with Gasteiger partial charge in [-0.2, -0.15) is 0 Å². The van der Waals surface area contributed by atoms with Gasteiger partial charge in [0, 0.05) is 37.6 Å². The molecule has 1 aromatic heterocycles. The Kier molecular flexibility index (Phi) is 5.27. The lowest BCUT2D eigenvalue weighted by molar-refractivity contribution is 0.117. The lowest BCUT2D eigenvalue weighted by atomic mass is 9.93. The first-order chi connectivity index (χ1) is 11.2. The number of aromatic nitrogens is 2. The van der Waals surface area contributed by atoms with Crippen LogP contribution in [0.25, 0.3) is 0 Å². The molecule has 1 aliphatic carbocycles. The van der Waals surface area contributed by atoms with Crippen LogP contribution in [0.2, 0.25) is 0 Å². The van der Waals surface area contributed by atoms with Crippen LogP contribution in [0.5, 0.6) is 0 Å². The maximum absolute atomic E-state index is 12.1. The summed E-state index contributed by atoms with van der Waals surface area (Å²) in [6.45, 7) is 1.70. The van der Waals surface area contributed by atoms with E-state index in [2.05, 4.69) is 25.5 Å². The van der Waals surface area contributed by atoms with Gasteiger partial charge in [0.2, 0.25) is 5.95 Å². The average Bonchev–Trinajstić information content (AvgIpc) is 2.58. The third kappa shape index (κ3) is 4.54. The second-order valence-electron chi connectivity index (χ2n) is 6.43. The third-order valence-electron chi connectivity index (χ3n) is 4.70. The zero-order valence-electron chi connectivity index (χ0n) is 13.3. The third-order valence-corrected chi connectivity index (χ3v) is 4.70. The number of carbonyl (C=O) groups excluding carboxylic acids is 1. The molecule has 23 heavy (non-hydrogen) atoms. The summed E-state index contributed by atoms with van der Waals surface area (Å²) in [5.74, 6) is 0.760. The van der Waals surface area contributed by atoms with Crippen LogP contribution in [0, 0.1) is 0 Å². The van der Waals surface area contributed by atoms with Crippen LogP contribution in [0.3, 0.4) is 0 Å². The summed E-state index contributed by atoms with van der Waals surface area (Å²) >= 11 is 0. The van der Waals surface area contributed by atoms with Crippen molar-refractivity contribution >= 4 is 12.0 Å². The molecule has 7 nitrogen and oxygen atoms in total. The maximum Gasteiger partial charge on any atom is 0.315 e. The number of nitrogens with zero attached hydrogens (tertiary/aromatic N) is 3. The molecule has 3 N–H and O–H groups in total. The number of carbonyl (C=O) groups is 1. The summed E-state index contributed by atoms with van der Waals surface area (Å²) in [6.07, 6.45) is 8.38. The van der Waals surface area contributed by atoms with Gasteiger partial charge in [-0.25, -0.2) is 14.8 Å². The first-order valence-corrected chi connectivity index (χ1v) is 8.48. The number of rotatable bonds is 3. The predicted octanol–water partition coefficient (Wildman–Crippen LogP) is 1.05. The van der Waals surface area contributed by atoms with Gasteiger partial charge in [0.05, 0.1) is 6.10 Å². The molecule has 0 atom stereocenters. The molecule has 0 aromatic carbocycles. The highest BCUT2D eigenvalue weighted by molar-refractivity contribution is 5.74. The molecular formula is C16H25N5O2. The first kappa shape index (κ1) is 16.0. The van der Waals surface area contributed by atoms with Crippen molar-refractivity contribution in [2.24, 2.45) is 0 Å². The summed E-state index contributed by atoms with van der Waals surface area (Å²) in [4.78, 5) is 22.8. The Hall–Kier alpha value is -1.89. The van der Waals surface area contributed by atoms with Crippen molar-refractivity contribution in [2.45, 2.75) is 56.7 Å². The molecule has 0 unspecified atom stereocenters. The number of hydrogen-bond acceptors (Lipinski definition) is 5. The van der Waals surface area contributed by atoms with Crippen molar-refractivity contribution < 1.29 is 9.90 Å². The molecule has 126 valence electrons. The van der Waals surface area contributed by atoms with E-state index in [9.17, 15) is 9.90 Å². The molecule has 1 aromatic rings. The van der Waals surface area contributed by atoms with Crippen LogP contribution in [0.4, 0.5) is 10.7 Å². The van der Waals surface area contributed by atoms with Crippen LogP contribution in [-0.4, -0.2) is 52.4 Å². The van der Waals surface area contributed by atoms with E-state index >= 15 is 0 Å². The minimum absolute atomic E-state index is 0.0826. The van der Waals surface area contributed by atoms with Crippen LogP contribution >= 0.6 is 0 Å².